The Kier molecular flexibility index (Phi) is 8.11. The highest BCUT2D eigenvalue weighted by molar-refractivity contribution is 5.56. The van der Waals surface area contributed by atoms with E-state index in [9.17, 15) is 8.78 Å². The number of nitrogen functional groups attached to an aromatic ring is 1. The molecule has 0 aliphatic heterocycles. The van der Waals surface area contributed by atoms with Crippen LogP contribution in [0.2, 0.25) is 0 Å². The highest BCUT2D eigenvalue weighted by Gasteiger charge is 2.15. The van der Waals surface area contributed by atoms with E-state index in [1.165, 1.54) is 25.7 Å². The molecule has 1 fully saturated rings. The maximum atomic E-state index is 13.5. The van der Waals surface area contributed by atoms with Crippen LogP contribution in [-0.2, 0) is 11.3 Å². The van der Waals surface area contributed by atoms with Crippen LogP contribution in [0.15, 0.2) is 36.4 Å². The average Bonchev–Trinajstić information content (AvgIpc) is 3.23. The van der Waals surface area contributed by atoms with Gasteiger partial charge in [-0.2, -0.15) is 0 Å². The van der Waals surface area contributed by atoms with E-state index in [1.807, 2.05) is 12.1 Å². The van der Waals surface area contributed by atoms with Crippen molar-refractivity contribution in [3.05, 3.63) is 53.6 Å². The summed E-state index contributed by atoms with van der Waals surface area (Å²) in [6.45, 7) is 1.76. The van der Waals surface area contributed by atoms with Crippen LogP contribution < -0.4 is 15.2 Å². The van der Waals surface area contributed by atoms with Gasteiger partial charge in [-0.1, -0.05) is 12.8 Å². The maximum absolute atomic E-state index is 13.5. The van der Waals surface area contributed by atoms with Crippen molar-refractivity contribution in [1.29, 1.82) is 0 Å². The molecule has 0 saturated heterocycles. The van der Waals surface area contributed by atoms with E-state index in [0.29, 0.717) is 30.6 Å². The summed E-state index contributed by atoms with van der Waals surface area (Å²) in [5.41, 5.74) is 6.85. The van der Waals surface area contributed by atoms with E-state index in [1.54, 1.807) is 6.07 Å². The molecule has 2 aromatic rings. The Hall–Kier alpha value is -2.34. The molecule has 0 unspecified atom stereocenters. The molecular weight excluding hydrogens is 376 g/mol. The molecule has 158 valence electrons. The standard InChI is InChI=1S/C23H29F2NO3/c24-19-7-9-21(25)18(13-19)16-27-11-3-4-12-28-23-10-8-20(14-22(23)26)29-15-17-5-1-2-6-17/h7-10,13-14,17H,1-6,11-12,15-16,26H2. The zero-order valence-electron chi connectivity index (χ0n) is 16.7. The summed E-state index contributed by atoms with van der Waals surface area (Å²) < 4.78 is 43.6. The number of ether oxygens (including phenoxy) is 3. The fourth-order valence-corrected chi connectivity index (χ4v) is 3.46. The van der Waals surface area contributed by atoms with Crippen LogP contribution in [0.3, 0.4) is 0 Å². The molecule has 0 spiro atoms. The summed E-state index contributed by atoms with van der Waals surface area (Å²) in [4.78, 5) is 0. The van der Waals surface area contributed by atoms with Gasteiger partial charge in [0.25, 0.3) is 0 Å². The average molecular weight is 405 g/mol. The molecule has 0 amide bonds. The summed E-state index contributed by atoms with van der Waals surface area (Å²) in [5.74, 6) is 1.15. The van der Waals surface area contributed by atoms with Crippen molar-refractivity contribution >= 4 is 5.69 Å². The quantitative estimate of drug-likeness (QED) is 0.397. The van der Waals surface area contributed by atoms with Crippen LogP contribution in [0, 0.1) is 17.6 Å². The Balaban J connectivity index is 1.30. The molecule has 0 bridgehead atoms. The number of nitrogens with two attached hydrogens (primary N) is 1. The molecule has 29 heavy (non-hydrogen) atoms. The summed E-state index contributed by atoms with van der Waals surface area (Å²) in [6.07, 6.45) is 6.62. The molecule has 2 aromatic carbocycles. The predicted molar refractivity (Wildman–Crippen MR) is 109 cm³/mol. The van der Waals surface area contributed by atoms with E-state index < -0.39 is 11.6 Å². The molecule has 1 aliphatic rings. The van der Waals surface area contributed by atoms with Gasteiger partial charge in [0, 0.05) is 18.2 Å². The minimum Gasteiger partial charge on any atom is -0.493 e. The third-order valence-electron chi connectivity index (χ3n) is 5.15. The SMILES string of the molecule is Nc1cc(OCC2CCCC2)ccc1OCCCCOCc1cc(F)ccc1F. The lowest BCUT2D eigenvalue weighted by Gasteiger charge is -2.14. The number of halogens is 2. The van der Waals surface area contributed by atoms with E-state index in [2.05, 4.69) is 0 Å². The molecule has 0 atom stereocenters. The van der Waals surface area contributed by atoms with Crippen molar-refractivity contribution in [3.63, 3.8) is 0 Å². The molecule has 1 aliphatic carbocycles. The van der Waals surface area contributed by atoms with Gasteiger partial charge in [0.05, 0.1) is 25.5 Å². The monoisotopic (exact) mass is 405 g/mol. The normalized spacial score (nSPS) is 14.3. The first-order valence-corrected chi connectivity index (χ1v) is 10.3. The number of unbranched alkanes of at least 4 members (excludes halogenated alkanes) is 1. The Bertz CT molecular complexity index is 779. The molecule has 0 radical (unpaired) electrons. The largest absolute Gasteiger partial charge is 0.493 e. The minimum atomic E-state index is -0.467. The van der Waals surface area contributed by atoms with Gasteiger partial charge in [-0.25, -0.2) is 8.78 Å². The van der Waals surface area contributed by atoms with Crippen LogP contribution >= 0.6 is 0 Å². The van der Waals surface area contributed by atoms with E-state index in [0.717, 1.165) is 43.4 Å². The second-order valence-corrected chi connectivity index (χ2v) is 7.51. The summed E-state index contributed by atoms with van der Waals surface area (Å²) >= 11 is 0. The third kappa shape index (κ3) is 6.89. The fourth-order valence-electron chi connectivity index (χ4n) is 3.46. The van der Waals surface area contributed by atoms with Crippen LogP contribution in [0.4, 0.5) is 14.5 Å². The lowest BCUT2D eigenvalue weighted by atomic mass is 10.1. The molecule has 6 heteroatoms. The van der Waals surface area contributed by atoms with Crippen molar-refractivity contribution in [2.75, 3.05) is 25.6 Å². The Labute approximate surface area is 171 Å². The van der Waals surface area contributed by atoms with E-state index in [-0.39, 0.29) is 12.2 Å². The van der Waals surface area contributed by atoms with Crippen LogP contribution in [0.1, 0.15) is 44.1 Å². The van der Waals surface area contributed by atoms with Gasteiger partial charge in [0.1, 0.15) is 23.1 Å². The first kappa shape index (κ1) is 21.4. The smallest absolute Gasteiger partial charge is 0.142 e. The summed E-state index contributed by atoms with van der Waals surface area (Å²) in [7, 11) is 0. The summed E-state index contributed by atoms with van der Waals surface area (Å²) in [5, 5.41) is 0. The van der Waals surface area contributed by atoms with Gasteiger partial charge in [-0.15, -0.1) is 0 Å². The highest BCUT2D eigenvalue weighted by atomic mass is 19.1. The zero-order valence-corrected chi connectivity index (χ0v) is 16.7. The number of hydrogen-bond acceptors (Lipinski definition) is 4. The number of benzene rings is 2. The van der Waals surface area contributed by atoms with Gasteiger partial charge in [0.2, 0.25) is 0 Å². The van der Waals surface area contributed by atoms with Crippen LogP contribution in [0.5, 0.6) is 11.5 Å². The number of anilines is 1. The van der Waals surface area contributed by atoms with E-state index >= 15 is 0 Å². The van der Waals surface area contributed by atoms with Crippen molar-refractivity contribution in [3.8, 4) is 11.5 Å². The van der Waals surface area contributed by atoms with Crippen LogP contribution in [0.25, 0.3) is 0 Å². The van der Waals surface area contributed by atoms with Crippen molar-refractivity contribution < 1.29 is 23.0 Å². The van der Waals surface area contributed by atoms with Crippen LogP contribution in [-0.4, -0.2) is 19.8 Å². The molecule has 0 heterocycles. The Morgan fingerprint density at radius 3 is 2.52 bits per heavy atom. The van der Waals surface area contributed by atoms with E-state index in [4.69, 9.17) is 19.9 Å². The summed E-state index contributed by atoms with van der Waals surface area (Å²) in [6, 6.07) is 8.89. The molecule has 3 rings (SSSR count). The minimum absolute atomic E-state index is 0.0553. The van der Waals surface area contributed by atoms with Gasteiger partial charge in [-0.3, -0.25) is 0 Å². The predicted octanol–water partition coefficient (Wildman–Crippen LogP) is 5.49. The Morgan fingerprint density at radius 1 is 0.931 bits per heavy atom. The molecule has 1 saturated carbocycles. The van der Waals surface area contributed by atoms with Crippen molar-refractivity contribution in [1.82, 2.24) is 0 Å². The first-order chi connectivity index (χ1) is 14.1. The second-order valence-electron chi connectivity index (χ2n) is 7.51. The number of hydrogen-bond donors (Lipinski definition) is 1. The van der Waals surface area contributed by atoms with Crippen molar-refractivity contribution in [2.45, 2.75) is 45.1 Å². The highest BCUT2D eigenvalue weighted by Crippen LogP contribution is 2.29. The molecular formula is C23H29F2NO3. The lowest BCUT2D eigenvalue weighted by molar-refractivity contribution is 0.111. The third-order valence-corrected chi connectivity index (χ3v) is 5.15. The molecule has 0 aromatic heterocycles. The topological polar surface area (TPSA) is 53.7 Å². The second kappa shape index (κ2) is 11.0. The van der Waals surface area contributed by atoms with Gasteiger partial charge < -0.3 is 19.9 Å². The molecule has 4 nitrogen and oxygen atoms in total. The first-order valence-electron chi connectivity index (χ1n) is 10.3. The number of rotatable bonds is 11. The Morgan fingerprint density at radius 2 is 1.72 bits per heavy atom. The molecule has 2 N–H and O–H groups in total. The van der Waals surface area contributed by atoms with Gasteiger partial charge in [0.15, 0.2) is 0 Å². The van der Waals surface area contributed by atoms with Gasteiger partial charge >= 0.3 is 0 Å². The zero-order chi connectivity index (χ0) is 20.5. The lowest BCUT2D eigenvalue weighted by Crippen LogP contribution is -2.08. The maximum Gasteiger partial charge on any atom is 0.142 e. The fraction of sp³-hybridized carbons (Fsp3) is 0.478. The van der Waals surface area contributed by atoms with Crippen molar-refractivity contribution in [2.24, 2.45) is 5.92 Å². The van der Waals surface area contributed by atoms with Gasteiger partial charge in [-0.05, 0) is 61.9 Å².